The van der Waals surface area contributed by atoms with Gasteiger partial charge >= 0.3 is 0 Å². The highest BCUT2D eigenvalue weighted by molar-refractivity contribution is 6.30. The second-order valence-corrected chi connectivity index (χ2v) is 7.99. The number of fused-ring (bicyclic) bond motifs is 2. The molecule has 1 N–H and O–H groups in total. The van der Waals surface area contributed by atoms with Crippen molar-refractivity contribution in [2.24, 2.45) is 0 Å². The quantitative estimate of drug-likeness (QED) is 0.610. The van der Waals surface area contributed by atoms with Gasteiger partial charge in [0.05, 0.1) is 5.69 Å². The van der Waals surface area contributed by atoms with Gasteiger partial charge in [-0.2, -0.15) is 9.61 Å². The van der Waals surface area contributed by atoms with Gasteiger partial charge < -0.3 is 5.32 Å². The molecular formula is C22H27ClN4. The molecule has 1 aliphatic carbocycles. The summed E-state index contributed by atoms with van der Waals surface area (Å²) in [7, 11) is 0. The van der Waals surface area contributed by atoms with Crippen LogP contribution in [0.4, 0.5) is 5.82 Å². The minimum Gasteiger partial charge on any atom is -0.367 e. The van der Waals surface area contributed by atoms with Crippen LogP contribution in [0.25, 0.3) is 16.8 Å². The fourth-order valence-electron chi connectivity index (χ4n) is 4.19. The lowest BCUT2D eigenvalue weighted by atomic mass is 10.0. The molecule has 0 bridgehead atoms. The summed E-state index contributed by atoms with van der Waals surface area (Å²) in [4.78, 5) is 5.06. The third kappa shape index (κ3) is 3.10. The van der Waals surface area contributed by atoms with Crippen LogP contribution in [-0.2, 0) is 12.8 Å². The van der Waals surface area contributed by atoms with Crippen molar-refractivity contribution < 1.29 is 0 Å². The normalized spacial score (nSPS) is 13.6. The Labute approximate surface area is 166 Å². The van der Waals surface area contributed by atoms with Gasteiger partial charge in [-0.1, -0.05) is 31.5 Å². The molecule has 142 valence electrons. The predicted molar refractivity (Wildman–Crippen MR) is 113 cm³/mol. The first-order valence-electron chi connectivity index (χ1n) is 9.97. The molecule has 5 heteroatoms. The zero-order valence-corrected chi connectivity index (χ0v) is 17.3. The van der Waals surface area contributed by atoms with Crippen molar-refractivity contribution in [1.82, 2.24) is 14.6 Å². The van der Waals surface area contributed by atoms with Gasteiger partial charge in [-0.25, -0.2) is 4.98 Å². The molecule has 1 aliphatic rings. The third-order valence-electron chi connectivity index (χ3n) is 5.75. The van der Waals surface area contributed by atoms with Crippen molar-refractivity contribution in [3.05, 3.63) is 45.7 Å². The predicted octanol–water partition coefficient (Wildman–Crippen LogP) is 5.76. The average molecular weight is 383 g/mol. The molecule has 1 aromatic carbocycles. The SMILES string of the molecule is CCC(CC)Nc1c2c(nc3c(-c4ccc(Cl)cc4C)c(C)nn13)CCC2. The molecule has 2 aromatic heterocycles. The summed E-state index contributed by atoms with van der Waals surface area (Å²) in [5, 5.41) is 9.45. The zero-order valence-electron chi connectivity index (χ0n) is 16.6. The third-order valence-corrected chi connectivity index (χ3v) is 5.98. The second-order valence-electron chi connectivity index (χ2n) is 7.55. The maximum absolute atomic E-state index is 6.18. The van der Waals surface area contributed by atoms with Gasteiger partial charge in [0, 0.05) is 27.9 Å². The summed E-state index contributed by atoms with van der Waals surface area (Å²) >= 11 is 6.18. The Morgan fingerprint density at radius 3 is 2.67 bits per heavy atom. The number of nitrogens with one attached hydrogen (secondary N) is 1. The molecule has 0 atom stereocenters. The molecule has 0 amide bonds. The minimum absolute atomic E-state index is 0.450. The Balaban J connectivity index is 1.97. The van der Waals surface area contributed by atoms with Crippen LogP contribution in [0.15, 0.2) is 18.2 Å². The first kappa shape index (κ1) is 18.3. The van der Waals surface area contributed by atoms with Crippen LogP contribution in [0.1, 0.15) is 55.6 Å². The van der Waals surface area contributed by atoms with E-state index in [-0.39, 0.29) is 0 Å². The summed E-state index contributed by atoms with van der Waals surface area (Å²) in [6, 6.07) is 6.50. The molecule has 0 saturated heterocycles. The summed E-state index contributed by atoms with van der Waals surface area (Å²) < 4.78 is 2.04. The first-order chi connectivity index (χ1) is 13.0. The Bertz CT molecular complexity index is 1000. The van der Waals surface area contributed by atoms with Crippen LogP contribution in [0, 0.1) is 13.8 Å². The molecule has 27 heavy (non-hydrogen) atoms. The molecule has 4 rings (SSSR count). The second kappa shape index (κ2) is 7.16. The Kier molecular flexibility index (Phi) is 4.85. The van der Waals surface area contributed by atoms with E-state index in [1.54, 1.807) is 0 Å². The smallest absolute Gasteiger partial charge is 0.165 e. The Morgan fingerprint density at radius 2 is 1.96 bits per heavy atom. The van der Waals surface area contributed by atoms with Crippen LogP contribution in [0.2, 0.25) is 5.02 Å². The monoisotopic (exact) mass is 382 g/mol. The van der Waals surface area contributed by atoms with Gasteiger partial charge in [-0.3, -0.25) is 0 Å². The number of benzene rings is 1. The Morgan fingerprint density at radius 1 is 1.19 bits per heavy atom. The molecule has 3 aromatic rings. The van der Waals surface area contributed by atoms with E-state index in [1.165, 1.54) is 17.7 Å². The van der Waals surface area contributed by atoms with Gasteiger partial charge in [-0.15, -0.1) is 0 Å². The molecule has 0 saturated carbocycles. The van der Waals surface area contributed by atoms with Crippen molar-refractivity contribution >= 4 is 23.1 Å². The number of aryl methyl sites for hydroxylation is 3. The number of anilines is 1. The maximum Gasteiger partial charge on any atom is 0.165 e. The van der Waals surface area contributed by atoms with E-state index in [9.17, 15) is 0 Å². The fraction of sp³-hybridized carbons (Fsp3) is 0.455. The summed E-state index contributed by atoms with van der Waals surface area (Å²) in [6.07, 6.45) is 5.49. The van der Waals surface area contributed by atoms with E-state index in [1.807, 2.05) is 16.6 Å². The topological polar surface area (TPSA) is 42.2 Å². The minimum atomic E-state index is 0.450. The number of nitrogens with zero attached hydrogens (tertiary/aromatic N) is 3. The van der Waals surface area contributed by atoms with Crippen LogP contribution >= 0.6 is 11.6 Å². The maximum atomic E-state index is 6.18. The van der Waals surface area contributed by atoms with E-state index in [4.69, 9.17) is 21.7 Å². The number of halogens is 1. The first-order valence-corrected chi connectivity index (χ1v) is 10.3. The molecule has 4 nitrogen and oxygen atoms in total. The fourth-order valence-corrected chi connectivity index (χ4v) is 4.42. The summed E-state index contributed by atoms with van der Waals surface area (Å²) in [6.45, 7) is 8.64. The van der Waals surface area contributed by atoms with Crippen molar-refractivity contribution in [3.8, 4) is 11.1 Å². The zero-order chi connectivity index (χ0) is 19.1. The molecule has 0 unspecified atom stereocenters. The van der Waals surface area contributed by atoms with Crippen molar-refractivity contribution in [3.63, 3.8) is 0 Å². The Hall–Kier alpha value is -2.07. The summed E-state index contributed by atoms with van der Waals surface area (Å²) in [5.74, 6) is 1.14. The van der Waals surface area contributed by atoms with E-state index in [2.05, 4.69) is 39.1 Å². The highest BCUT2D eigenvalue weighted by atomic mass is 35.5. The van der Waals surface area contributed by atoms with Gasteiger partial charge in [0.1, 0.15) is 5.82 Å². The highest BCUT2D eigenvalue weighted by Gasteiger charge is 2.25. The van der Waals surface area contributed by atoms with Crippen molar-refractivity contribution in [2.75, 3.05) is 5.32 Å². The standard InChI is InChI=1S/C22H27ClN4/c1-5-16(6-2)24-21-18-8-7-9-19(18)25-22-20(14(4)26-27(21)22)17-11-10-15(23)12-13(17)3/h10-12,16,24H,5-9H2,1-4H3. The largest absolute Gasteiger partial charge is 0.367 e. The van der Waals surface area contributed by atoms with E-state index < -0.39 is 0 Å². The number of hydrogen-bond donors (Lipinski definition) is 1. The molecule has 2 heterocycles. The number of aromatic nitrogens is 3. The highest BCUT2D eigenvalue weighted by Crippen LogP contribution is 2.36. The van der Waals surface area contributed by atoms with Gasteiger partial charge in [-0.05, 0) is 69.2 Å². The van der Waals surface area contributed by atoms with Crippen LogP contribution in [0.3, 0.4) is 0 Å². The molecule has 0 radical (unpaired) electrons. The lowest BCUT2D eigenvalue weighted by Gasteiger charge is -2.20. The van der Waals surface area contributed by atoms with Crippen molar-refractivity contribution in [2.45, 2.75) is 65.8 Å². The van der Waals surface area contributed by atoms with E-state index in [0.717, 1.165) is 64.6 Å². The summed E-state index contributed by atoms with van der Waals surface area (Å²) in [5.41, 5.74) is 7.95. The van der Waals surface area contributed by atoms with Crippen molar-refractivity contribution in [1.29, 1.82) is 0 Å². The van der Waals surface area contributed by atoms with Gasteiger partial charge in [0.2, 0.25) is 0 Å². The molecule has 0 fully saturated rings. The lowest BCUT2D eigenvalue weighted by Crippen LogP contribution is -2.21. The van der Waals surface area contributed by atoms with Gasteiger partial charge in [0.15, 0.2) is 5.65 Å². The van der Waals surface area contributed by atoms with Crippen LogP contribution in [-0.4, -0.2) is 20.6 Å². The molecule has 0 spiro atoms. The van der Waals surface area contributed by atoms with Crippen LogP contribution < -0.4 is 5.32 Å². The average Bonchev–Trinajstić information content (AvgIpc) is 3.23. The lowest BCUT2D eigenvalue weighted by molar-refractivity contribution is 0.661. The number of hydrogen-bond acceptors (Lipinski definition) is 3. The van der Waals surface area contributed by atoms with E-state index >= 15 is 0 Å². The van der Waals surface area contributed by atoms with E-state index in [0.29, 0.717) is 6.04 Å². The van der Waals surface area contributed by atoms with Gasteiger partial charge in [0.25, 0.3) is 0 Å². The number of rotatable bonds is 5. The van der Waals surface area contributed by atoms with Crippen LogP contribution in [0.5, 0.6) is 0 Å². The molecule has 0 aliphatic heterocycles. The molecular weight excluding hydrogens is 356 g/mol.